The largest absolute Gasteiger partial charge is 0.450 e. The van der Waals surface area contributed by atoms with E-state index < -0.39 is 6.09 Å². The molecule has 0 saturated carbocycles. The average molecular weight is 207 g/mol. The summed E-state index contributed by atoms with van der Waals surface area (Å²) in [4.78, 5) is 11.0. The van der Waals surface area contributed by atoms with E-state index in [4.69, 9.17) is 10.8 Å². The fourth-order valence-corrected chi connectivity index (χ4v) is 1.06. The minimum Gasteiger partial charge on any atom is -0.450 e. The van der Waals surface area contributed by atoms with Crippen molar-refractivity contribution in [3.63, 3.8) is 0 Å². The SMILES string of the molecule is CCOC(=O)NCC1=CC(=N)C(=N)C=C1. The third-order valence-corrected chi connectivity index (χ3v) is 1.80. The molecule has 1 amide bonds. The highest BCUT2D eigenvalue weighted by Gasteiger charge is 2.07. The zero-order chi connectivity index (χ0) is 11.3. The molecular formula is C10H13N3O2. The molecule has 0 aromatic rings. The highest BCUT2D eigenvalue weighted by atomic mass is 16.5. The summed E-state index contributed by atoms with van der Waals surface area (Å²) in [6, 6.07) is 0. The maximum Gasteiger partial charge on any atom is 0.407 e. The van der Waals surface area contributed by atoms with Crippen molar-refractivity contribution in [1.29, 1.82) is 10.8 Å². The number of carbonyl (C=O) groups excluding carboxylic acids is 1. The van der Waals surface area contributed by atoms with Gasteiger partial charge in [0.2, 0.25) is 0 Å². The zero-order valence-corrected chi connectivity index (χ0v) is 8.46. The molecule has 5 heteroatoms. The van der Waals surface area contributed by atoms with Crippen LogP contribution in [0.25, 0.3) is 0 Å². The summed E-state index contributed by atoms with van der Waals surface area (Å²) in [6.07, 6.45) is 4.31. The third-order valence-electron chi connectivity index (χ3n) is 1.80. The summed E-state index contributed by atoms with van der Waals surface area (Å²) in [5.41, 5.74) is 1.11. The molecule has 80 valence electrons. The first-order valence-corrected chi connectivity index (χ1v) is 4.60. The van der Waals surface area contributed by atoms with Crippen LogP contribution in [0.1, 0.15) is 6.92 Å². The van der Waals surface area contributed by atoms with Crippen molar-refractivity contribution in [2.24, 2.45) is 0 Å². The van der Waals surface area contributed by atoms with E-state index >= 15 is 0 Å². The number of alkyl carbamates (subject to hydrolysis) is 1. The second kappa shape index (κ2) is 5.09. The van der Waals surface area contributed by atoms with E-state index in [-0.39, 0.29) is 11.4 Å². The maximum atomic E-state index is 11.0. The molecule has 0 aromatic heterocycles. The zero-order valence-electron chi connectivity index (χ0n) is 8.46. The summed E-state index contributed by atoms with van der Waals surface area (Å²) in [7, 11) is 0. The Morgan fingerprint density at radius 1 is 1.40 bits per heavy atom. The molecular weight excluding hydrogens is 194 g/mol. The topological polar surface area (TPSA) is 86.0 Å². The fraction of sp³-hybridized carbons (Fsp3) is 0.300. The molecule has 0 bridgehead atoms. The Labute approximate surface area is 87.8 Å². The van der Waals surface area contributed by atoms with Crippen molar-refractivity contribution >= 4 is 17.5 Å². The predicted octanol–water partition coefficient (Wildman–Crippen LogP) is 1.27. The van der Waals surface area contributed by atoms with Crippen LogP contribution < -0.4 is 5.32 Å². The normalized spacial score (nSPS) is 14.9. The van der Waals surface area contributed by atoms with E-state index in [1.165, 1.54) is 6.08 Å². The molecule has 1 aliphatic carbocycles. The van der Waals surface area contributed by atoms with Crippen molar-refractivity contribution in [1.82, 2.24) is 5.32 Å². The lowest BCUT2D eigenvalue weighted by atomic mass is 10.0. The van der Waals surface area contributed by atoms with Crippen LogP contribution in [0.2, 0.25) is 0 Å². The summed E-state index contributed by atoms with van der Waals surface area (Å²) in [5, 5.41) is 17.2. The lowest BCUT2D eigenvalue weighted by molar-refractivity contribution is 0.153. The average Bonchev–Trinajstić information content (AvgIpc) is 2.20. The molecule has 0 heterocycles. The Kier molecular flexibility index (Phi) is 3.79. The summed E-state index contributed by atoms with van der Waals surface area (Å²) < 4.78 is 4.68. The highest BCUT2D eigenvalue weighted by molar-refractivity contribution is 6.49. The second-order valence-corrected chi connectivity index (χ2v) is 2.95. The number of rotatable bonds is 3. The molecule has 3 N–H and O–H groups in total. The van der Waals surface area contributed by atoms with Crippen molar-refractivity contribution in [3.05, 3.63) is 23.8 Å². The van der Waals surface area contributed by atoms with Gasteiger partial charge in [0.1, 0.15) is 0 Å². The van der Waals surface area contributed by atoms with Gasteiger partial charge in [0, 0.05) is 6.54 Å². The van der Waals surface area contributed by atoms with E-state index in [2.05, 4.69) is 10.1 Å². The monoisotopic (exact) mass is 207 g/mol. The molecule has 5 nitrogen and oxygen atoms in total. The first-order valence-electron chi connectivity index (χ1n) is 4.60. The molecule has 0 radical (unpaired) electrons. The molecule has 15 heavy (non-hydrogen) atoms. The van der Waals surface area contributed by atoms with Gasteiger partial charge in [-0.3, -0.25) is 10.8 Å². The van der Waals surface area contributed by atoms with Crippen LogP contribution in [-0.4, -0.2) is 30.7 Å². The smallest absolute Gasteiger partial charge is 0.407 e. The number of nitrogens with one attached hydrogen (secondary N) is 3. The number of allylic oxidation sites excluding steroid dienone is 2. The Bertz CT molecular complexity index is 356. The Morgan fingerprint density at radius 3 is 2.73 bits per heavy atom. The van der Waals surface area contributed by atoms with Gasteiger partial charge in [0.05, 0.1) is 18.0 Å². The van der Waals surface area contributed by atoms with Crippen molar-refractivity contribution in [3.8, 4) is 0 Å². The maximum absolute atomic E-state index is 11.0. The number of amides is 1. The van der Waals surface area contributed by atoms with Gasteiger partial charge in [0.25, 0.3) is 0 Å². The van der Waals surface area contributed by atoms with Gasteiger partial charge in [-0.1, -0.05) is 6.08 Å². The molecule has 0 aromatic carbocycles. The predicted molar refractivity (Wildman–Crippen MR) is 57.7 cm³/mol. The molecule has 0 aliphatic heterocycles. The number of ether oxygens (including phenoxy) is 1. The van der Waals surface area contributed by atoms with Crippen molar-refractivity contribution in [2.75, 3.05) is 13.2 Å². The fourth-order valence-electron chi connectivity index (χ4n) is 1.06. The van der Waals surface area contributed by atoms with E-state index in [1.54, 1.807) is 19.1 Å². The molecule has 0 atom stereocenters. The molecule has 1 rings (SSSR count). The molecule has 0 fully saturated rings. The second-order valence-electron chi connectivity index (χ2n) is 2.95. The Morgan fingerprint density at radius 2 is 2.13 bits per heavy atom. The number of hydrogen-bond donors (Lipinski definition) is 3. The van der Waals surface area contributed by atoms with Crippen LogP contribution in [0.5, 0.6) is 0 Å². The van der Waals surface area contributed by atoms with Gasteiger partial charge in [0.15, 0.2) is 0 Å². The van der Waals surface area contributed by atoms with Crippen LogP contribution in [0.15, 0.2) is 23.8 Å². The highest BCUT2D eigenvalue weighted by Crippen LogP contribution is 2.03. The first-order chi connectivity index (χ1) is 7.13. The number of hydrogen-bond acceptors (Lipinski definition) is 4. The van der Waals surface area contributed by atoms with E-state index in [0.717, 1.165) is 5.57 Å². The van der Waals surface area contributed by atoms with Gasteiger partial charge < -0.3 is 10.1 Å². The third kappa shape index (κ3) is 3.38. The van der Waals surface area contributed by atoms with Gasteiger partial charge in [-0.15, -0.1) is 0 Å². The molecule has 0 spiro atoms. The van der Waals surface area contributed by atoms with Crippen LogP contribution >= 0.6 is 0 Å². The van der Waals surface area contributed by atoms with Crippen molar-refractivity contribution in [2.45, 2.75) is 6.92 Å². The molecule has 0 saturated heterocycles. The summed E-state index contributed by atoms with van der Waals surface area (Å²) >= 11 is 0. The lowest BCUT2D eigenvalue weighted by Crippen LogP contribution is -2.27. The molecule has 0 unspecified atom stereocenters. The van der Waals surface area contributed by atoms with Crippen LogP contribution in [0.4, 0.5) is 4.79 Å². The molecule has 1 aliphatic rings. The lowest BCUT2D eigenvalue weighted by Gasteiger charge is -2.09. The van der Waals surface area contributed by atoms with Crippen molar-refractivity contribution < 1.29 is 9.53 Å². The minimum absolute atomic E-state index is 0.151. The van der Waals surface area contributed by atoms with E-state index in [0.29, 0.717) is 13.2 Å². The first kappa shape index (κ1) is 11.2. The van der Waals surface area contributed by atoms with E-state index in [9.17, 15) is 4.79 Å². The van der Waals surface area contributed by atoms with Gasteiger partial charge >= 0.3 is 6.09 Å². The van der Waals surface area contributed by atoms with E-state index in [1.807, 2.05) is 0 Å². The standard InChI is InChI=1S/C10H13N3O2/c1-2-15-10(14)13-6-7-3-4-8(11)9(12)5-7/h3-5,11-12H,2,6H2,1H3,(H,13,14). The summed E-state index contributed by atoms with van der Waals surface area (Å²) in [5.74, 6) is 0. The quantitative estimate of drug-likeness (QED) is 0.608. The Hall–Kier alpha value is -1.91. The van der Waals surface area contributed by atoms with Gasteiger partial charge in [-0.25, -0.2) is 4.79 Å². The number of carbonyl (C=O) groups is 1. The van der Waals surface area contributed by atoms with Crippen LogP contribution in [0.3, 0.4) is 0 Å². The van der Waals surface area contributed by atoms with Crippen LogP contribution in [-0.2, 0) is 4.74 Å². The van der Waals surface area contributed by atoms with Crippen LogP contribution in [0, 0.1) is 10.8 Å². The Balaban J connectivity index is 2.44. The summed E-state index contributed by atoms with van der Waals surface area (Å²) in [6.45, 7) is 2.38. The minimum atomic E-state index is -0.473. The van der Waals surface area contributed by atoms with Gasteiger partial charge in [-0.05, 0) is 24.6 Å². The van der Waals surface area contributed by atoms with Gasteiger partial charge in [-0.2, -0.15) is 0 Å².